The maximum Gasteiger partial charge on any atom is 0.243 e. The summed E-state index contributed by atoms with van der Waals surface area (Å²) in [6, 6.07) is 18.3. The average molecular weight is 582 g/mol. The summed E-state index contributed by atoms with van der Waals surface area (Å²) in [5, 5.41) is 4.13. The van der Waals surface area contributed by atoms with Crippen molar-refractivity contribution in [2.24, 2.45) is 0 Å². The Kier molecular flexibility index (Phi) is 11.6. The Bertz CT molecular complexity index is 1190. The number of rotatable bonds is 12. The molecule has 1 atom stereocenters. The number of carbonyl (C=O) groups is 2. The highest BCUT2D eigenvalue weighted by Crippen LogP contribution is 2.27. The summed E-state index contributed by atoms with van der Waals surface area (Å²) in [5.41, 5.74) is 1.93. The number of thioether (sulfide) groups is 1. The lowest BCUT2D eigenvalue weighted by atomic mass is 10.0. The first kappa shape index (κ1) is 29.3. The second kappa shape index (κ2) is 14.6. The highest BCUT2D eigenvalue weighted by atomic mass is 35.5. The van der Waals surface area contributed by atoms with E-state index in [1.54, 1.807) is 29.2 Å². The number of nitrogens with zero attached hydrogens (tertiary/aromatic N) is 1. The van der Waals surface area contributed by atoms with Gasteiger partial charge in [0.1, 0.15) is 11.9 Å². The zero-order valence-corrected chi connectivity index (χ0v) is 23.4. The van der Waals surface area contributed by atoms with Crippen LogP contribution >= 0.6 is 46.6 Å². The van der Waals surface area contributed by atoms with Crippen molar-refractivity contribution in [3.05, 3.63) is 104 Å². The maximum atomic E-state index is 14.2. The third-order valence-electron chi connectivity index (χ3n) is 5.71. The third kappa shape index (κ3) is 8.64. The van der Waals surface area contributed by atoms with E-state index in [4.69, 9.17) is 34.8 Å². The van der Waals surface area contributed by atoms with Gasteiger partial charge < -0.3 is 10.2 Å². The van der Waals surface area contributed by atoms with Gasteiger partial charge in [-0.1, -0.05) is 84.2 Å². The van der Waals surface area contributed by atoms with Crippen LogP contribution in [0.3, 0.4) is 0 Å². The molecule has 9 heteroatoms. The van der Waals surface area contributed by atoms with Crippen LogP contribution in [0.15, 0.2) is 66.7 Å². The second-order valence-electron chi connectivity index (χ2n) is 8.45. The molecule has 1 N–H and O–H groups in total. The van der Waals surface area contributed by atoms with Gasteiger partial charge in [0.15, 0.2) is 0 Å². The quantitative estimate of drug-likeness (QED) is 0.246. The Morgan fingerprint density at radius 3 is 2.43 bits per heavy atom. The van der Waals surface area contributed by atoms with Crippen molar-refractivity contribution in [2.45, 2.75) is 38.1 Å². The fourth-order valence-electron chi connectivity index (χ4n) is 3.75. The number of carbonyl (C=O) groups excluding carboxylic acids is 2. The summed E-state index contributed by atoms with van der Waals surface area (Å²) in [5.74, 6) is -0.680. The molecular formula is C28H28Cl3FN2O2S. The number of hydrogen-bond donors (Lipinski definition) is 1. The Morgan fingerprint density at radius 1 is 1.00 bits per heavy atom. The minimum Gasteiger partial charge on any atom is -0.354 e. The highest BCUT2D eigenvalue weighted by molar-refractivity contribution is 7.99. The van der Waals surface area contributed by atoms with Gasteiger partial charge in [0.25, 0.3) is 0 Å². The van der Waals surface area contributed by atoms with Crippen molar-refractivity contribution in [1.29, 1.82) is 0 Å². The number of benzene rings is 3. The Labute approximate surface area is 236 Å². The van der Waals surface area contributed by atoms with Gasteiger partial charge in [0, 0.05) is 45.9 Å². The first-order valence-corrected chi connectivity index (χ1v) is 14.1. The standard InChI is InChI=1S/C28H28Cl3FN2O2S/c1-2-13-33-28(36)26(14-19-7-4-3-5-8-19)34(16-20-11-12-21(29)15-24(20)31)27(35)18-37-17-22-23(30)9-6-10-25(22)32/h3-12,15,26H,2,13-14,16-18H2,1H3,(H,33,36)/t26-/m1/s1. The summed E-state index contributed by atoms with van der Waals surface area (Å²) in [7, 11) is 0. The predicted octanol–water partition coefficient (Wildman–Crippen LogP) is 7.19. The van der Waals surface area contributed by atoms with E-state index in [-0.39, 0.29) is 29.9 Å². The Hall–Kier alpha value is -2.25. The van der Waals surface area contributed by atoms with E-state index in [0.717, 1.165) is 12.0 Å². The molecule has 3 aromatic rings. The minimum absolute atomic E-state index is 0.0300. The summed E-state index contributed by atoms with van der Waals surface area (Å²) in [4.78, 5) is 28.5. The monoisotopic (exact) mass is 580 g/mol. The summed E-state index contributed by atoms with van der Waals surface area (Å²) in [6.45, 7) is 2.58. The van der Waals surface area contributed by atoms with E-state index >= 15 is 0 Å². The van der Waals surface area contributed by atoms with Crippen molar-refractivity contribution in [3.63, 3.8) is 0 Å². The molecule has 3 rings (SSSR count). The van der Waals surface area contributed by atoms with Gasteiger partial charge in [-0.25, -0.2) is 4.39 Å². The van der Waals surface area contributed by atoms with Crippen LogP contribution in [-0.4, -0.2) is 35.1 Å². The van der Waals surface area contributed by atoms with E-state index < -0.39 is 11.9 Å². The average Bonchev–Trinajstić information content (AvgIpc) is 2.88. The molecule has 0 saturated carbocycles. The summed E-state index contributed by atoms with van der Waals surface area (Å²) < 4.78 is 14.2. The molecule has 3 aromatic carbocycles. The number of amides is 2. The summed E-state index contributed by atoms with van der Waals surface area (Å²) in [6.07, 6.45) is 1.09. The molecule has 0 radical (unpaired) electrons. The van der Waals surface area contributed by atoms with Crippen LogP contribution in [0.25, 0.3) is 0 Å². The number of hydrogen-bond acceptors (Lipinski definition) is 3. The van der Waals surface area contributed by atoms with Gasteiger partial charge in [-0.2, -0.15) is 0 Å². The number of halogens is 4. The van der Waals surface area contributed by atoms with E-state index in [2.05, 4.69) is 5.32 Å². The Morgan fingerprint density at radius 2 is 1.76 bits per heavy atom. The molecule has 0 saturated heterocycles. The molecule has 2 amide bonds. The fourth-order valence-corrected chi connectivity index (χ4v) is 5.46. The lowest BCUT2D eigenvalue weighted by Gasteiger charge is -2.32. The molecule has 4 nitrogen and oxygen atoms in total. The molecule has 37 heavy (non-hydrogen) atoms. The van der Waals surface area contributed by atoms with Crippen molar-refractivity contribution in [2.75, 3.05) is 12.3 Å². The highest BCUT2D eigenvalue weighted by Gasteiger charge is 2.30. The lowest BCUT2D eigenvalue weighted by Crippen LogP contribution is -2.51. The van der Waals surface area contributed by atoms with Crippen LogP contribution in [0.2, 0.25) is 15.1 Å². The first-order chi connectivity index (χ1) is 17.8. The van der Waals surface area contributed by atoms with Crippen molar-refractivity contribution >= 4 is 58.4 Å². The molecule has 0 unspecified atom stereocenters. The van der Waals surface area contributed by atoms with Crippen LogP contribution in [0.5, 0.6) is 0 Å². The molecule has 196 valence electrons. The van der Waals surface area contributed by atoms with Crippen LogP contribution < -0.4 is 5.32 Å². The molecule has 0 heterocycles. The molecule has 0 aliphatic rings. The van der Waals surface area contributed by atoms with Crippen molar-refractivity contribution in [3.8, 4) is 0 Å². The molecule has 0 spiro atoms. The smallest absolute Gasteiger partial charge is 0.243 e. The minimum atomic E-state index is -0.772. The number of nitrogens with one attached hydrogen (secondary N) is 1. The van der Waals surface area contributed by atoms with Gasteiger partial charge in [0.2, 0.25) is 11.8 Å². The first-order valence-electron chi connectivity index (χ1n) is 11.9. The summed E-state index contributed by atoms with van der Waals surface area (Å²) >= 11 is 19.9. The van der Waals surface area contributed by atoms with Crippen molar-refractivity contribution in [1.82, 2.24) is 10.2 Å². The van der Waals surface area contributed by atoms with Gasteiger partial charge >= 0.3 is 0 Å². The van der Waals surface area contributed by atoms with E-state index in [1.165, 1.54) is 23.9 Å². The van der Waals surface area contributed by atoms with Gasteiger partial charge in [-0.15, -0.1) is 11.8 Å². The van der Waals surface area contributed by atoms with Crippen LogP contribution in [-0.2, 0) is 28.3 Å². The molecule has 0 aromatic heterocycles. The van der Waals surface area contributed by atoms with Crippen molar-refractivity contribution < 1.29 is 14.0 Å². The maximum absolute atomic E-state index is 14.2. The van der Waals surface area contributed by atoms with E-state index in [1.807, 2.05) is 37.3 Å². The topological polar surface area (TPSA) is 49.4 Å². The van der Waals surface area contributed by atoms with E-state index in [9.17, 15) is 14.0 Å². The van der Waals surface area contributed by atoms with E-state index in [0.29, 0.717) is 39.2 Å². The second-order valence-corrected chi connectivity index (χ2v) is 10.7. The van der Waals surface area contributed by atoms with Gasteiger partial charge in [0.05, 0.1) is 5.75 Å². The molecule has 0 aliphatic heterocycles. The zero-order valence-electron chi connectivity index (χ0n) is 20.4. The molecule has 0 bridgehead atoms. The van der Waals surface area contributed by atoms with Crippen LogP contribution in [0.4, 0.5) is 4.39 Å². The predicted molar refractivity (Wildman–Crippen MR) is 152 cm³/mol. The molecule has 0 fully saturated rings. The third-order valence-corrected chi connectivity index (χ3v) is 7.59. The molecular weight excluding hydrogens is 554 g/mol. The normalized spacial score (nSPS) is 11.7. The fraction of sp³-hybridized carbons (Fsp3) is 0.286. The SMILES string of the molecule is CCCNC(=O)[C@@H](Cc1ccccc1)N(Cc1ccc(Cl)cc1Cl)C(=O)CSCc1c(F)cccc1Cl. The largest absolute Gasteiger partial charge is 0.354 e. The molecule has 0 aliphatic carbocycles. The lowest BCUT2D eigenvalue weighted by molar-refractivity contribution is -0.139. The van der Waals surface area contributed by atoms with Crippen LogP contribution in [0.1, 0.15) is 30.0 Å². The Balaban J connectivity index is 1.88. The van der Waals surface area contributed by atoms with Crippen LogP contribution in [0, 0.1) is 5.82 Å². The zero-order chi connectivity index (χ0) is 26.8. The van der Waals surface area contributed by atoms with Gasteiger partial charge in [-0.05, 0) is 41.8 Å². The van der Waals surface area contributed by atoms with Gasteiger partial charge in [-0.3, -0.25) is 9.59 Å².